The molecule has 0 aromatic carbocycles. The van der Waals surface area contributed by atoms with Crippen molar-refractivity contribution in [3.63, 3.8) is 0 Å². The maximum absolute atomic E-state index is 3.98. The van der Waals surface area contributed by atoms with Crippen molar-refractivity contribution >= 4 is 11.8 Å². The van der Waals surface area contributed by atoms with Crippen LogP contribution in [0.5, 0.6) is 0 Å². The van der Waals surface area contributed by atoms with Crippen LogP contribution in [0.1, 0.15) is 5.56 Å². The van der Waals surface area contributed by atoms with E-state index in [0.29, 0.717) is 0 Å². The van der Waals surface area contributed by atoms with Gasteiger partial charge in [0, 0.05) is 17.5 Å². The number of H-pyrrole nitrogens is 2. The average molecular weight is 181 g/mol. The number of hydrogen-bond acceptors (Lipinski definition) is 4. The van der Waals surface area contributed by atoms with Crippen LogP contribution in [-0.4, -0.2) is 25.4 Å². The smallest absolute Gasteiger partial charge is 0.183 e. The second kappa shape index (κ2) is 3.40. The number of aromatic amines is 2. The third-order valence-electron chi connectivity index (χ3n) is 1.32. The van der Waals surface area contributed by atoms with E-state index in [1.807, 2.05) is 6.20 Å². The molecule has 0 aliphatic heterocycles. The molecule has 62 valence electrons. The molecule has 0 aliphatic rings. The van der Waals surface area contributed by atoms with Crippen molar-refractivity contribution in [2.75, 3.05) is 0 Å². The molecule has 0 unspecified atom stereocenters. The summed E-state index contributed by atoms with van der Waals surface area (Å²) in [5, 5.41) is 13.9. The Morgan fingerprint density at radius 2 is 2.42 bits per heavy atom. The lowest BCUT2D eigenvalue weighted by molar-refractivity contribution is 0.973. The lowest BCUT2D eigenvalue weighted by Crippen LogP contribution is -1.78. The zero-order valence-corrected chi connectivity index (χ0v) is 7.01. The highest BCUT2D eigenvalue weighted by Crippen LogP contribution is 2.16. The lowest BCUT2D eigenvalue weighted by atomic mass is 10.4. The van der Waals surface area contributed by atoms with E-state index in [2.05, 4.69) is 25.4 Å². The van der Waals surface area contributed by atoms with Crippen LogP contribution in [0.25, 0.3) is 0 Å². The summed E-state index contributed by atoms with van der Waals surface area (Å²) in [6.45, 7) is 0. The van der Waals surface area contributed by atoms with E-state index < -0.39 is 0 Å². The van der Waals surface area contributed by atoms with Crippen LogP contribution in [0.4, 0.5) is 0 Å². The standard InChI is InChI=1S/C6H7N5S/c1-5(2-9-8-1)3-12-6-7-4-10-11-6/h1-2,4H,3H2,(H,8,9)(H,7,10,11). The van der Waals surface area contributed by atoms with E-state index in [-0.39, 0.29) is 0 Å². The molecule has 0 atom stereocenters. The molecule has 0 radical (unpaired) electrons. The second-order valence-corrected chi connectivity index (χ2v) is 3.15. The fraction of sp³-hybridized carbons (Fsp3) is 0.167. The van der Waals surface area contributed by atoms with Gasteiger partial charge in [-0.1, -0.05) is 11.8 Å². The minimum Gasteiger partial charge on any atom is -0.285 e. The minimum atomic E-state index is 0.830. The Balaban J connectivity index is 1.91. The van der Waals surface area contributed by atoms with Gasteiger partial charge in [0.1, 0.15) is 6.33 Å². The molecule has 12 heavy (non-hydrogen) atoms. The van der Waals surface area contributed by atoms with Gasteiger partial charge in [-0.2, -0.15) is 10.2 Å². The maximum atomic E-state index is 3.98. The second-order valence-electron chi connectivity index (χ2n) is 2.19. The van der Waals surface area contributed by atoms with Crippen molar-refractivity contribution in [3.05, 3.63) is 24.3 Å². The number of hydrogen-bond donors (Lipinski definition) is 2. The SMILES string of the molecule is c1n[nH]c(SCc2cn[nH]c2)n1. The zero-order chi connectivity index (χ0) is 8.23. The monoisotopic (exact) mass is 181 g/mol. The number of aromatic nitrogens is 5. The summed E-state index contributed by atoms with van der Waals surface area (Å²) < 4.78 is 0. The Hall–Kier alpha value is -1.30. The highest BCUT2D eigenvalue weighted by molar-refractivity contribution is 7.98. The third kappa shape index (κ3) is 1.65. The Labute approximate surface area is 73.0 Å². The van der Waals surface area contributed by atoms with Crippen molar-refractivity contribution in [1.82, 2.24) is 25.4 Å². The molecule has 0 amide bonds. The highest BCUT2D eigenvalue weighted by Gasteiger charge is 1.98. The molecular weight excluding hydrogens is 174 g/mol. The molecule has 0 aliphatic carbocycles. The number of thioether (sulfide) groups is 1. The summed E-state index contributed by atoms with van der Waals surface area (Å²) in [5.74, 6) is 0.853. The van der Waals surface area contributed by atoms with E-state index in [1.165, 1.54) is 6.33 Å². The molecule has 0 fully saturated rings. The first-order valence-electron chi connectivity index (χ1n) is 3.41. The zero-order valence-electron chi connectivity index (χ0n) is 6.19. The van der Waals surface area contributed by atoms with Crippen LogP contribution in [0.3, 0.4) is 0 Å². The minimum absolute atomic E-state index is 0.830. The summed E-state index contributed by atoms with van der Waals surface area (Å²) in [4.78, 5) is 3.98. The van der Waals surface area contributed by atoms with Crippen LogP contribution >= 0.6 is 11.8 Å². The molecule has 0 spiro atoms. The highest BCUT2D eigenvalue weighted by atomic mass is 32.2. The molecule has 0 bridgehead atoms. The van der Waals surface area contributed by atoms with Gasteiger partial charge in [0.25, 0.3) is 0 Å². The van der Waals surface area contributed by atoms with E-state index in [9.17, 15) is 0 Å². The van der Waals surface area contributed by atoms with Crippen LogP contribution in [0.2, 0.25) is 0 Å². The summed E-state index contributed by atoms with van der Waals surface area (Å²) in [7, 11) is 0. The van der Waals surface area contributed by atoms with Crippen molar-refractivity contribution in [1.29, 1.82) is 0 Å². The number of nitrogens with one attached hydrogen (secondary N) is 2. The molecular formula is C6H7N5S. The van der Waals surface area contributed by atoms with Crippen molar-refractivity contribution in [3.8, 4) is 0 Å². The van der Waals surface area contributed by atoms with Gasteiger partial charge in [-0.25, -0.2) is 4.98 Å². The normalized spacial score (nSPS) is 10.3. The largest absolute Gasteiger partial charge is 0.285 e. The first-order valence-corrected chi connectivity index (χ1v) is 4.39. The van der Waals surface area contributed by atoms with Gasteiger partial charge in [0.15, 0.2) is 5.16 Å². The summed E-state index contributed by atoms with van der Waals surface area (Å²) in [6, 6.07) is 0. The molecule has 0 saturated carbocycles. The first-order chi connectivity index (χ1) is 5.95. The average Bonchev–Trinajstić information content (AvgIpc) is 2.74. The topological polar surface area (TPSA) is 70.2 Å². The van der Waals surface area contributed by atoms with E-state index >= 15 is 0 Å². The number of nitrogens with zero attached hydrogens (tertiary/aromatic N) is 3. The van der Waals surface area contributed by atoms with Crippen LogP contribution < -0.4 is 0 Å². The predicted octanol–water partition coefficient (Wildman–Crippen LogP) is 0.820. The predicted molar refractivity (Wildman–Crippen MR) is 44.5 cm³/mol. The Morgan fingerprint density at radius 1 is 1.42 bits per heavy atom. The Bertz CT molecular complexity index is 279. The van der Waals surface area contributed by atoms with Gasteiger partial charge < -0.3 is 0 Å². The van der Waals surface area contributed by atoms with Gasteiger partial charge in [0.2, 0.25) is 0 Å². The van der Waals surface area contributed by atoms with Gasteiger partial charge in [0.05, 0.1) is 6.20 Å². The van der Waals surface area contributed by atoms with Crippen LogP contribution in [-0.2, 0) is 5.75 Å². The molecule has 2 aromatic rings. The molecule has 5 nitrogen and oxygen atoms in total. The summed E-state index contributed by atoms with van der Waals surface area (Å²) >= 11 is 1.60. The molecule has 6 heteroatoms. The fourth-order valence-electron chi connectivity index (χ4n) is 0.772. The molecule has 2 rings (SSSR count). The van der Waals surface area contributed by atoms with Crippen LogP contribution in [0, 0.1) is 0 Å². The lowest BCUT2D eigenvalue weighted by Gasteiger charge is -1.91. The van der Waals surface area contributed by atoms with Crippen molar-refractivity contribution in [2.24, 2.45) is 0 Å². The van der Waals surface area contributed by atoms with E-state index in [4.69, 9.17) is 0 Å². The molecule has 0 saturated heterocycles. The van der Waals surface area contributed by atoms with Gasteiger partial charge in [-0.15, -0.1) is 0 Å². The van der Waals surface area contributed by atoms with Gasteiger partial charge in [-0.05, 0) is 0 Å². The maximum Gasteiger partial charge on any atom is 0.183 e. The van der Waals surface area contributed by atoms with Crippen LogP contribution in [0.15, 0.2) is 23.9 Å². The fourth-order valence-corrected chi connectivity index (χ4v) is 1.47. The van der Waals surface area contributed by atoms with Crippen molar-refractivity contribution in [2.45, 2.75) is 10.9 Å². The van der Waals surface area contributed by atoms with Gasteiger partial charge in [-0.3, -0.25) is 10.2 Å². The van der Waals surface area contributed by atoms with E-state index in [0.717, 1.165) is 16.5 Å². The molecule has 2 aromatic heterocycles. The molecule has 2 N–H and O–H groups in total. The first kappa shape index (κ1) is 7.35. The summed E-state index contributed by atoms with van der Waals surface area (Å²) in [5.41, 5.74) is 1.15. The summed E-state index contributed by atoms with van der Waals surface area (Å²) in [6.07, 6.45) is 5.16. The Kier molecular flexibility index (Phi) is 2.08. The molecule has 2 heterocycles. The van der Waals surface area contributed by atoms with E-state index in [1.54, 1.807) is 18.0 Å². The quantitative estimate of drug-likeness (QED) is 0.688. The number of rotatable bonds is 3. The van der Waals surface area contributed by atoms with Gasteiger partial charge >= 0.3 is 0 Å². The Morgan fingerprint density at radius 3 is 3.08 bits per heavy atom. The van der Waals surface area contributed by atoms with Crippen molar-refractivity contribution < 1.29 is 0 Å². The third-order valence-corrected chi connectivity index (χ3v) is 2.27.